The first-order chi connectivity index (χ1) is 29.9. The number of alkyl carbamates (subject to hydrolysis) is 1. The molecule has 0 radical (unpaired) electrons. The summed E-state index contributed by atoms with van der Waals surface area (Å²) in [6.07, 6.45) is 6.73. The quantitative estimate of drug-likeness (QED) is 0.150. The molecule has 15 heteroatoms. The highest BCUT2D eigenvalue weighted by Gasteiger charge is 2.39. The maximum absolute atomic E-state index is 14.1. The number of amides is 3. The van der Waals surface area contributed by atoms with Crippen LogP contribution in [0.25, 0.3) is 44.4 Å². The summed E-state index contributed by atoms with van der Waals surface area (Å²) in [5, 5.41) is 5.02. The molecule has 3 amide bonds. The second kappa shape index (κ2) is 18.6. The number of fused-ring (bicyclic) bond motifs is 1. The molecule has 0 aliphatic carbocycles. The van der Waals surface area contributed by atoms with Gasteiger partial charge in [-0.15, -0.1) is 0 Å². The lowest BCUT2D eigenvalue weighted by molar-refractivity contribution is -0.145. The van der Waals surface area contributed by atoms with Crippen molar-refractivity contribution in [1.82, 2.24) is 35.1 Å². The van der Waals surface area contributed by atoms with Gasteiger partial charge in [0.25, 0.3) is 0 Å². The van der Waals surface area contributed by atoms with Gasteiger partial charge in [0.1, 0.15) is 29.8 Å². The van der Waals surface area contributed by atoms with E-state index in [1.54, 1.807) is 11.1 Å². The van der Waals surface area contributed by atoms with Crippen molar-refractivity contribution in [2.24, 2.45) is 11.8 Å². The van der Waals surface area contributed by atoms with E-state index in [0.717, 1.165) is 76.3 Å². The fourth-order valence-corrected chi connectivity index (χ4v) is 9.07. The average molecular weight is 832 g/mol. The summed E-state index contributed by atoms with van der Waals surface area (Å²) in [5.41, 5.74) is 5.87. The van der Waals surface area contributed by atoms with Gasteiger partial charge in [-0.3, -0.25) is 9.59 Å². The Hall–Kier alpha value is -5.61. The number of ether oxygens (including phenoxy) is 5. The van der Waals surface area contributed by atoms with Crippen LogP contribution in [-0.2, 0) is 33.3 Å². The fraction of sp³-hybridized carbons (Fsp3) is 0.457. The number of nitrogens with one attached hydrogen (secondary N) is 3. The second-order valence-corrected chi connectivity index (χ2v) is 16.3. The van der Waals surface area contributed by atoms with E-state index < -0.39 is 18.2 Å². The predicted octanol–water partition coefficient (Wildman–Crippen LogP) is 6.05. The largest absolute Gasteiger partial charge is 0.453 e. The number of H-pyrrole nitrogens is 2. The molecule has 3 atom stereocenters. The van der Waals surface area contributed by atoms with Gasteiger partial charge in [-0.25, -0.2) is 14.8 Å². The highest BCUT2D eigenvalue weighted by atomic mass is 16.5. The van der Waals surface area contributed by atoms with Crippen molar-refractivity contribution in [3.63, 3.8) is 0 Å². The molecule has 61 heavy (non-hydrogen) atoms. The van der Waals surface area contributed by atoms with E-state index in [1.165, 1.54) is 7.11 Å². The van der Waals surface area contributed by atoms with Crippen molar-refractivity contribution in [1.29, 1.82) is 0 Å². The number of benzene rings is 3. The Labute approximate surface area is 354 Å². The number of morpholine rings is 2. The van der Waals surface area contributed by atoms with Gasteiger partial charge in [0.2, 0.25) is 11.8 Å². The van der Waals surface area contributed by atoms with Crippen LogP contribution in [0.3, 0.4) is 0 Å². The van der Waals surface area contributed by atoms with E-state index in [1.807, 2.05) is 11.1 Å². The lowest BCUT2D eigenvalue weighted by atomic mass is 9.90. The Bertz CT molecular complexity index is 2320. The SMILES string of the molecule is COC(=O)N[C@H](C(=O)N1CCOC[C@H]1c1ncc(-c2ccc(-c3ccc4cc(-c5cnc([C@@H]6COCCN6C(=O)CC6CCOCC6)[nH]5)ccc4c3)cc2)[nH]1)C1CCOCC1. The van der Waals surface area contributed by atoms with Crippen LogP contribution in [0.4, 0.5) is 4.79 Å². The minimum Gasteiger partial charge on any atom is -0.453 e. The van der Waals surface area contributed by atoms with Crippen LogP contribution in [0.15, 0.2) is 73.1 Å². The molecule has 2 aromatic heterocycles. The number of carbonyl (C=O) groups is 3. The molecule has 0 unspecified atom stereocenters. The number of methoxy groups -OCH3 is 1. The summed E-state index contributed by atoms with van der Waals surface area (Å²) in [6.45, 7) is 5.11. The number of hydrogen-bond acceptors (Lipinski definition) is 10. The molecule has 3 N–H and O–H groups in total. The van der Waals surface area contributed by atoms with Gasteiger partial charge in [0, 0.05) is 51.5 Å². The molecule has 6 heterocycles. The number of rotatable bonds is 10. The first-order valence-electron chi connectivity index (χ1n) is 21.4. The summed E-state index contributed by atoms with van der Waals surface area (Å²) in [6, 6.07) is 19.8. The van der Waals surface area contributed by atoms with E-state index in [4.69, 9.17) is 33.7 Å². The zero-order valence-corrected chi connectivity index (χ0v) is 34.5. The van der Waals surface area contributed by atoms with Crippen molar-refractivity contribution in [2.75, 3.05) is 73.1 Å². The van der Waals surface area contributed by atoms with E-state index in [0.29, 0.717) is 77.1 Å². The van der Waals surface area contributed by atoms with E-state index >= 15 is 0 Å². The lowest BCUT2D eigenvalue weighted by Crippen LogP contribution is -2.56. The first-order valence-corrected chi connectivity index (χ1v) is 21.4. The Kier molecular flexibility index (Phi) is 12.4. The van der Waals surface area contributed by atoms with E-state index in [9.17, 15) is 14.4 Å². The van der Waals surface area contributed by atoms with Crippen LogP contribution in [0.5, 0.6) is 0 Å². The minimum absolute atomic E-state index is 0.0633. The van der Waals surface area contributed by atoms with Gasteiger partial charge >= 0.3 is 6.09 Å². The number of nitrogens with zero attached hydrogens (tertiary/aromatic N) is 4. The van der Waals surface area contributed by atoms with Crippen molar-refractivity contribution >= 4 is 28.7 Å². The Morgan fingerprint density at radius 3 is 1.89 bits per heavy atom. The smallest absolute Gasteiger partial charge is 0.407 e. The highest BCUT2D eigenvalue weighted by Crippen LogP contribution is 2.33. The molecule has 3 aromatic carbocycles. The predicted molar refractivity (Wildman–Crippen MR) is 226 cm³/mol. The van der Waals surface area contributed by atoms with Gasteiger partial charge in [-0.1, -0.05) is 48.5 Å². The van der Waals surface area contributed by atoms with Gasteiger partial charge in [0.15, 0.2) is 0 Å². The summed E-state index contributed by atoms with van der Waals surface area (Å²) in [5.74, 6) is 1.64. The van der Waals surface area contributed by atoms with Crippen LogP contribution in [0, 0.1) is 11.8 Å². The highest BCUT2D eigenvalue weighted by molar-refractivity contribution is 5.91. The number of aromatic nitrogens is 4. The molecular formula is C46H53N7O8. The van der Waals surface area contributed by atoms with Crippen molar-refractivity contribution < 1.29 is 38.1 Å². The van der Waals surface area contributed by atoms with Crippen molar-refractivity contribution in [2.45, 2.75) is 50.2 Å². The monoisotopic (exact) mass is 831 g/mol. The fourth-order valence-electron chi connectivity index (χ4n) is 9.07. The standard InChI is InChI=1S/C46H53N7O8/c1-57-46(56)51-42(32-12-18-59-19-13-32)45(55)53-15-21-61-28-40(53)44-47-25-37(49-44)31-4-2-30(3-5-31)33-6-7-35-24-36(9-8-34(35)23-33)38-26-48-43(50-38)39-27-60-20-14-52(39)41(54)22-29-10-16-58-17-11-29/h2-9,23-26,29,32,39-40,42H,10-22,27-28H2,1H3,(H,47,49)(H,48,50)(H,51,56)/t39-,40-,42-/m0/s1. The van der Waals surface area contributed by atoms with Crippen LogP contribution >= 0.6 is 0 Å². The van der Waals surface area contributed by atoms with Crippen molar-refractivity contribution in [3.05, 3.63) is 84.7 Å². The van der Waals surface area contributed by atoms with Gasteiger partial charge in [-0.05, 0) is 77.1 Å². The van der Waals surface area contributed by atoms with Crippen molar-refractivity contribution in [3.8, 4) is 33.6 Å². The molecule has 15 nitrogen and oxygen atoms in total. The number of aromatic amines is 2. The lowest BCUT2D eigenvalue weighted by Gasteiger charge is -2.39. The van der Waals surface area contributed by atoms with E-state index in [-0.39, 0.29) is 30.4 Å². The summed E-state index contributed by atoms with van der Waals surface area (Å²) < 4.78 is 27.5. The summed E-state index contributed by atoms with van der Waals surface area (Å²) >= 11 is 0. The third-order valence-corrected chi connectivity index (χ3v) is 12.6. The van der Waals surface area contributed by atoms with Crippen LogP contribution in [0.2, 0.25) is 0 Å². The summed E-state index contributed by atoms with van der Waals surface area (Å²) in [4.78, 5) is 59.9. The zero-order valence-electron chi connectivity index (χ0n) is 34.5. The minimum atomic E-state index is -0.735. The molecule has 4 fully saturated rings. The average Bonchev–Trinajstić information content (AvgIpc) is 4.03. The number of imidazole rings is 2. The third kappa shape index (κ3) is 9.06. The van der Waals surface area contributed by atoms with Gasteiger partial charge < -0.3 is 48.8 Å². The zero-order chi connectivity index (χ0) is 41.7. The van der Waals surface area contributed by atoms with Gasteiger partial charge in [0.05, 0.1) is 57.3 Å². The maximum atomic E-state index is 14.1. The Morgan fingerprint density at radius 1 is 0.689 bits per heavy atom. The molecule has 4 aliphatic rings. The topological polar surface area (TPSA) is 173 Å². The Morgan fingerprint density at radius 2 is 1.23 bits per heavy atom. The molecule has 4 aliphatic heterocycles. The molecule has 320 valence electrons. The molecule has 4 saturated heterocycles. The third-order valence-electron chi connectivity index (χ3n) is 12.6. The molecule has 0 bridgehead atoms. The van der Waals surface area contributed by atoms with Gasteiger partial charge in [-0.2, -0.15) is 0 Å². The van der Waals surface area contributed by atoms with Crippen LogP contribution in [-0.4, -0.2) is 127 Å². The molecule has 9 rings (SSSR count). The second-order valence-electron chi connectivity index (χ2n) is 16.3. The molecule has 0 spiro atoms. The van der Waals surface area contributed by atoms with Crippen LogP contribution < -0.4 is 5.32 Å². The molecular weight excluding hydrogens is 779 g/mol. The molecule has 5 aromatic rings. The Balaban J connectivity index is 0.867. The normalized spacial score (nSPS) is 21.0. The number of carbonyl (C=O) groups excluding carboxylic acids is 3. The maximum Gasteiger partial charge on any atom is 0.407 e. The molecule has 0 saturated carbocycles. The van der Waals surface area contributed by atoms with E-state index in [2.05, 4.69) is 75.9 Å². The van der Waals surface area contributed by atoms with Crippen LogP contribution in [0.1, 0.15) is 55.8 Å². The number of hydrogen-bond donors (Lipinski definition) is 3. The first kappa shape index (κ1) is 40.8. The summed E-state index contributed by atoms with van der Waals surface area (Å²) in [7, 11) is 1.30.